The number of rotatable bonds is 6. The minimum Gasteiger partial charge on any atom is -0.483 e. The molecule has 1 aromatic heterocycles. The van der Waals surface area contributed by atoms with Gasteiger partial charge >= 0.3 is 0 Å². The van der Waals surface area contributed by atoms with Crippen LogP contribution in [0.1, 0.15) is 42.4 Å². The molecule has 0 bridgehead atoms. The van der Waals surface area contributed by atoms with Gasteiger partial charge in [0.1, 0.15) is 17.3 Å². The van der Waals surface area contributed by atoms with E-state index in [9.17, 15) is 9.59 Å². The first kappa shape index (κ1) is 19.3. The Bertz CT molecular complexity index is 806. The van der Waals surface area contributed by atoms with Crippen molar-refractivity contribution in [3.63, 3.8) is 0 Å². The van der Waals surface area contributed by atoms with Gasteiger partial charge in [-0.3, -0.25) is 20.4 Å². The van der Waals surface area contributed by atoms with Crippen molar-refractivity contribution < 1.29 is 18.7 Å². The van der Waals surface area contributed by atoms with Gasteiger partial charge in [-0.05, 0) is 55.2 Å². The molecule has 1 aromatic carbocycles. The molecule has 0 spiro atoms. The zero-order valence-corrected chi connectivity index (χ0v) is 15.5. The summed E-state index contributed by atoms with van der Waals surface area (Å²) in [6.07, 6.45) is 2.80. The third kappa shape index (κ3) is 5.81. The van der Waals surface area contributed by atoms with Gasteiger partial charge in [0.05, 0.1) is 0 Å². The van der Waals surface area contributed by atoms with Crippen LogP contribution in [0.2, 0.25) is 0 Å². The summed E-state index contributed by atoms with van der Waals surface area (Å²) in [5.41, 5.74) is 6.69. The molecule has 2 aromatic rings. The van der Waals surface area contributed by atoms with E-state index in [-0.39, 0.29) is 12.5 Å². The molecule has 0 aliphatic carbocycles. The van der Waals surface area contributed by atoms with Gasteiger partial charge in [0, 0.05) is 6.08 Å². The maximum atomic E-state index is 11.9. The molecule has 2 rings (SSSR count). The molecule has 26 heavy (non-hydrogen) atoms. The Balaban J connectivity index is 1.81. The Morgan fingerprint density at radius 2 is 1.92 bits per heavy atom. The highest BCUT2D eigenvalue weighted by Crippen LogP contribution is 2.27. The molecule has 0 atom stereocenters. The lowest BCUT2D eigenvalue weighted by Gasteiger charge is -2.14. The lowest BCUT2D eigenvalue weighted by atomic mass is 10.0. The predicted molar refractivity (Wildman–Crippen MR) is 99.5 cm³/mol. The largest absolute Gasteiger partial charge is 0.483 e. The maximum absolute atomic E-state index is 11.9. The standard InChI is InChI=1S/C20H24N2O4/c1-13(2)17-9-5-14(3)11-18(17)25-12-20(24)22-21-19(23)10-8-16-7-6-15(4)26-16/h5-11,13H,12H2,1-4H3,(H,21,23)(H,22,24)/b10-8+. The molecule has 138 valence electrons. The second-order valence-corrected chi connectivity index (χ2v) is 6.30. The topological polar surface area (TPSA) is 80.6 Å². The number of amides is 2. The van der Waals surface area contributed by atoms with Gasteiger partial charge in [-0.2, -0.15) is 0 Å². The Kier molecular flexibility index (Phi) is 6.60. The van der Waals surface area contributed by atoms with E-state index in [0.29, 0.717) is 11.5 Å². The van der Waals surface area contributed by atoms with E-state index in [1.165, 1.54) is 12.2 Å². The molecule has 6 nitrogen and oxygen atoms in total. The predicted octanol–water partition coefficient (Wildman–Crippen LogP) is 3.26. The maximum Gasteiger partial charge on any atom is 0.276 e. The van der Waals surface area contributed by atoms with Gasteiger partial charge in [0.2, 0.25) is 0 Å². The molecule has 2 N–H and O–H groups in total. The summed E-state index contributed by atoms with van der Waals surface area (Å²) in [5.74, 6) is 1.36. The highest BCUT2D eigenvalue weighted by Gasteiger charge is 2.10. The minimum absolute atomic E-state index is 0.190. The molecular formula is C20H24N2O4. The number of aryl methyl sites for hydroxylation is 2. The number of carbonyl (C=O) groups is 2. The van der Waals surface area contributed by atoms with E-state index in [0.717, 1.165) is 16.9 Å². The van der Waals surface area contributed by atoms with Crippen LogP contribution in [0.15, 0.2) is 40.8 Å². The van der Waals surface area contributed by atoms with Crippen molar-refractivity contribution in [1.82, 2.24) is 10.9 Å². The van der Waals surface area contributed by atoms with Crippen LogP contribution >= 0.6 is 0 Å². The van der Waals surface area contributed by atoms with Gasteiger partial charge in [0.25, 0.3) is 11.8 Å². The van der Waals surface area contributed by atoms with Crippen LogP contribution in [0.25, 0.3) is 6.08 Å². The van der Waals surface area contributed by atoms with Crippen molar-refractivity contribution in [2.24, 2.45) is 0 Å². The van der Waals surface area contributed by atoms with Crippen LogP contribution in [0.3, 0.4) is 0 Å². The first-order valence-corrected chi connectivity index (χ1v) is 8.42. The van der Waals surface area contributed by atoms with Gasteiger partial charge < -0.3 is 9.15 Å². The van der Waals surface area contributed by atoms with Crippen LogP contribution in [-0.4, -0.2) is 18.4 Å². The number of ether oxygens (including phenoxy) is 1. The Hall–Kier alpha value is -3.02. The van der Waals surface area contributed by atoms with Crippen molar-refractivity contribution in [2.45, 2.75) is 33.6 Å². The molecule has 0 radical (unpaired) electrons. The second kappa shape index (κ2) is 8.89. The van der Waals surface area contributed by atoms with Crippen molar-refractivity contribution in [2.75, 3.05) is 6.61 Å². The average molecular weight is 356 g/mol. The summed E-state index contributed by atoms with van der Waals surface area (Å²) < 4.78 is 10.9. The molecule has 1 heterocycles. The highest BCUT2D eigenvalue weighted by atomic mass is 16.5. The molecule has 2 amide bonds. The second-order valence-electron chi connectivity index (χ2n) is 6.30. The van der Waals surface area contributed by atoms with Crippen LogP contribution in [0.5, 0.6) is 5.75 Å². The van der Waals surface area contributed by atoms with Crippen LogP contribution in [0, 0.1) is 13.8 Å². The molecular weight excluding hydrogens is 332 g/mol. The first-order chi connectivity index (χ1) is 12.3. The van der Waals surface area contributed by atoms with Crippen molar-refractivity contribution in [3.8, 4) is 5.75 Å². The smallest absolute Gasteiger partial charge is 0.276 e. The number of hydrogen-bond acceptors (Lipinski definition) is 4. The van der Waals surface area contributed by atoms with E-state index in [2.05, 4.69) is 24.7 Å². The zero-order valence-electron chi connectivity index (χ0n) is 15.5. The Labute approximate surface area is 153 Å². The molecule has 0 saturated carbocycles. The summed E-state index contributed by atoms with van der Waals surface area (Å²) in [4.78, 5) is 23.6. The third-order valence-corrected chi connectivity index (χ3v) is 3.64. The fourth-order valence-electron chi connectivity index (χ4n) is 2.30. The minimum atomic E-state index is -0.467. The van der Waals surface area contributed by atoms with Gasteiger partial charge in [0.15, 0.2) is 6.61 Å². The van der Waals surface area contributed by atoms with Crippen LogP contribution < -0.4 is 15.6 Å². The van der Waals surface area contributed by atoms with Crippen molar-refractivity contribution >= 4 is 17.9 Å². The van der Waals surface area contributed by atoms with Gasteiger partial charge in [-0.1, -0.05) is 26.0 Å². The van der Waals surface area contributed by atoms with E-state index < -0.39 is 11.8 Å². The lowest BCUT2D eigenvalue weighted by Crippen LogP contribution is -2.43. The van der Waals surface area contributed by atoms with Crippen LogP contribution in [0.4, 0.5) is 0 Å². The summed E-state index contributed by atoms with van der Waals surface area (Å²) in [6.45, 7) is 7.71. The normalized spacial score (nSPS) is 11.0. The fraction of sp³-hybridized carbons (Fsp3) is 0.300. The third-order valence-electron chi connectivity index (χ3n) is 3.64. The van der Waals surface area contributed by atoms with Gasteiger partial charge in [-0.25, -0.2) is 0 Å². The molecule has 6 heteroatoms. The van der Waals surface area contributed by atoms with Crippen LogP contribution in [-0.2, 0) is 9.59 Å². The lowest BCUT2D eigenvalue weighted by molar-refractivity contribution is -0.128. The quantitative estimate of drug-likeness (QED) is 0.615. The Morgan fingerprint density at radius 1 is 1.15 bits per heavy atom. The fourth-order valence-corrected chi connectivity index (χ4v) is 2.30. The summed E-state index contributed by atoms with van der Waals surface area (Å²) in [5, 5.41) is 0. The van der Waals surface area contributed by atoms with Gasteiger partial charge in [-0.15, -0.1) is 0 Å². The number of carbonyl (C=O) groups excluding carboxylic acids is 2. The van der Waals surface area contributed by atoms with E-state index in [1.54, 1.807) is 12.1 Å². The summed E-state index contributed by atoms with van der Waals surface area (Å²) in [6, 6.07) is 9.45. The van der Waals surface area contributed by atoms with Crippen molar-refractivity contribution in [1.29, 1.82) is 0 Å². The van der Waals surface area contributed by atoms with E-state index in [4.69, 9.17) is 9.15 Å². The van der Waals surface area contributed by atoms with Crippen molar-refractivity contribution in [3.05, 3.63) is 59.1 Å². The van der Waals surface area contributed by atoms with E-state index >= 15 is 0 Å². The number of hydrogen-bond donors (Lipinski definition) is 2. The highest BCUT2D eigenvalue weighted by molar-refractivity contribution is 5.92. The zero-order chi connectivity index (χ0) is 19.1. The number of nitrogens with one attached hydrogen (secondary N) is 2. The molecule has 0 fully saturated rings. The monoisotopic (exact) mass is 356 g/mol. The molecule has 0 aliphatic heterocycles. The molecule has 0 unspecified atom stereocenters. The molecule has 0 aliphatic rings. The number of benzene rings is 1. The summed E-state index contributed by atoms with van der Waals surface area (Å²) >= 11 is 0. The number of hydrazine groups is 1. The average Bonchev–Trinajstić information content (AvgIpc) is 3.01. The first-order valence-electron chi connectivity index (χ1n) is 8.42. The number of furan rings is 1. The summed E-state index contributed by atoms with van der Waals surface area (Å²) in [7, 11) is 0. The SMILES string of the molecule is Cc1ccc(C(C)C)c(OCC(=O)NNC(=O)/C=C/c2ccc(C)o2)c1. The van der Waals surface area contributed by atoms with E-state index in [1.807, 2.05) is 32.0 Å². The molecule has 0 saturated heterocycles. The Morgan fingerprint density at radius 3 is 2.58 bits per heavy atom.